The highest BCUT2D eigenvalue weighted by Gasteiger charge is 2.19. The van der Waals surface area contributed by atoms with E-state index < -0.39 is 5.97 Å². The Kier molecular flexibility index (Phi) is 10.0. The van der Waals surface area contributed by atoms with E-state index in [0.717, 1.165) is 12.8 Å². The van der Waals surface area contributed by atoms with Crippen LogP contribution in [0, 0.1) is 11.3 Å². The molecule has 1 aromatic heterocycles. The van der Waals surface area contributed by atoms with Crippen LogP contribution in [0.5, 0.6) is 0 Å². The number of halogens is 2. The number of anilines is 1. The van der Waals surface area contributed by atoms with Gasteiger partial charge < -0.3 is 15.0 Å². The van der Waals surface area contributed by atoms with Crippen molar-refractivity contribution in [3.63, 3.8) is 0 Å². The highest BCUT2D eigenvalue weighted by Crippen LogP contribution is 2.21. The number of aryl methyl sites for hydroxylation is 1. The van der Waals surface area contributed by atoms with Crippen LogP contribution in [-0.2, 0) is 11.3 Å². The van der Waals surface area contributed by atoms with Crippen LogP contribution in [0.1, 0.15) is 42.7 Å². The monoisotopic (exact) mass is 307 g/mol. The average Bonchev–Trinajstić information content (AvgIpc) is 2.63. The standard InChI is InChI=1S/C12H17N3O2.2ClH/c1-3-5-6-15-8-9(12(16)17-4-2)11(14)10(15)7-13;;/h8H,3-6,14H2,1-2H3;2*1H. The third-order valence-corrected chi connectivity index (χ3v) is 2.47. The molecule has 0 aliphatic heterocycles. The van der Waals surface area contributed by atoms with Crippen LogP contribution in [0.2, 0.25) is 0 Å². The molecular formula is C12H19Cl2N3O2. The van der Waals surface area contributed by atoms with Gasteiger partial charge in [0.25, 0.3) is 0 Å². The van der Waals surface area contributed by atoms with Crippen molar-refractivity contribution in [3.8, 4) is 6.07 Å². The Morgan fingerprint density at radius 3 is 2.58 bits per heavy atom. The second-order valence-corrected chi connectivity index (χ2v) is 3.68. The Hall–Kier alpha value is -1.38. The minimum absolute atomic E-state index is 0. The number of ether oxygens (including phenoxy) is 1. The molecule has 19 heavy (non-hydrogen) atoms. The number of nitrogen functional groups attached to an aromatic ring is 1. The number of hydrogen-bond acceptors (Lipinski definition) is 4. The Balaban J connectivity index is 0. The SMILES string of the molecule is CCCCn1cc(C(=O)OCC)c(N)c1C#N.Cl.Cl. The molecule has 0 unspecified atom stereocenters. The fourth-order valence-corrected chi connectivity index (χ4v) is 1.57. The number of unbranched alkanes of at least 4 members (excludes halogenated alkanes) is 1. The Morgan fingerprint density at radius 2 is 2.11 bits per heavy atom. The van der Waals surface area contributed by atoms with Crippen LogP contribution >= 0.6 is 24.8 Å². The van der Waals surface area contributed by atoms with Gasteiger partial charge in [-0.1, -0.05) is 13.3 Å². The Morgan fingerprint density at radius 1 is 1.47 bits per heavy atom. The van der Waals surface area contributed by atoms with Crippen molar-refractivity contribution in [3.05, 3.63) is 17.5 Å². The van der Waals surface area contributed by atoms with Gasteiger partial charge in [0.1, 0.15) is 17.3 Å². The van der Waals surface area contributed by atoms with Crippen LogP contribution in [0.3, 0.4) is 0 Å². The summed E-state index contributed by atoms with van der Waals surface area (Å²) >= 11 is 0. The molecule has 5 nitrogen and oxygen atoms in total. The quantitative estimate of drug-likeness (QED) is 0.848. The molecule has 1 rings (SSSR count). The summed E-state index contributed by atoms with van der Waals surface area (Å²) < 4.78 is 6.60. The number of esters is 1. The molecule has 2 N–H and O–H groups in total. The van der Waals surface area contributed by atoms with Crippen molar-refractivity contribution in [2.45, 2.75) is 33.2 Å². The minimum Gasteiger partial charge on any atom is -0.462 e. The number of carbonyl (C=O) groups excluding carboxylic acids is 1. The van der Waals surface area contributed by atoms with Crippen LogP contribution in [0.15, 0.2) is 6.20 Å². The van der Waals surface area contributed by atoms with E-state index in [-0.39, 0.29) is 36.1 Å². The van der Waals surface area contributed by atoms with Crippen LogP contribution in [-0.4, -0.2) is 17.1 Å². The fraction of sp³-hybridized carbons (Fsp3) is 0.500. The topological polar surface area (TPSA) is 81.0 Å². The van der Waals surface area contributed by atoms with E-state index in [9.17, 15) is 4.79 Å². The van der Waals surface area contributed by atoms with Crippen molar-refractivity contribution in [2.75, 3.05) is 12.3 Å². The lowest BCUT2D eigenvalue weighted by molar-refractivity contribution is 0.0527. The van der Waals surface area contributed by atoms with Gasteiger partial charge in [0.15, 0.2) is 0 Å². The highest BCUT2D eigenvalue weighted by molar-refractivity contribution is 5.96. The van der Waals surface area contributed by atoms with E-state index in [0.29, 0.717) is 18.8 Å². The van der Waals surface area contributed by atoms with Gasteiger partial charge in [-0.15, -0.1) is 24.8 Å². The first kappa shape index (κ1) is 19.9. The van der Waals surface area contributed by atoms with Crippen molar-refractivity contribution >= 4 is 36.5 Å². The molecule has 0 fully saturated rings. The molecule has 1 aromatic rings. The summed E-state index contributed by atoms with van der Waals surface area (Å²) in [6, 6.07) is 2.02. The number of nitrogens with zero attached hydrogens (tertiary/aromatic N) is 2. The molecule has 0 aliphatic carbocycles. The lowest BCUT2D eigenvalue weighted by Crippen LogP contribution is -2.06. The van der Waals surface area contributed by atoms with Gasteiger partial charge in [0, 0.05) is 12.7 Å². The third kappa shape index (κ3) is 4.66. The zero-order valence-electron chi connectivity index (χ0n) is 11.0. The van der Waals surface area contributed by atoms with Crippen molar-refractivity contribution in [1.82, 2.24) is 4.57 Å². The predicted octanol–water partition coefficient (Wildman–Crippen LogP) is 2.76. The maximum absolute atomic E-state index is 11.6. The van der Waals surface area contributed by atoms with Gasteiger partial charge in [-0.05, 0) is 13.3 Å². The van der Waals surface area contributed by atoms with Gasteiger partial charge in [-0.25, -0.2) is 4.79 Å². The number of rotatable bonds is 5. The number of aromatic nitrogens is 1. The first-order valence-corrected chi connectivity index (χ1v) is 5.71. The normalized spacial score (nSPS) is 8.89. The van der Waals surface area contributed by atoms with E-state index in [1.54, 1.807) is 17.7 Å². The molecule has 7 heteroatoms. The molecule has 0 spiro atoms. The third-order valence-electron chi connectivity index (χ3n) is 2.47. The summed E-state index contributed by atoms with van der Waals surface area (Å²) in [5, 5.41) is 9.02. The van der Waals surface area contributed by atoms with E-state index in [4.69, 9.17) is 15.7 Å². The number of nitrogens with two attached hydrogens (primary N) is 1. The molecule has 108 valence electrons. The van der Waals surface area contributed by atoms with Gasteiger partial charge in [-0.2, -0.15) is 5.26 Å². The molecule has 0 radical (unpaired) electrons. The average molecular weight is 308 g/mol. The molecule has 1 heterocycles. The molecule has 0 saturated heterocycles. The second-order valence-electron chi connectivity index (χ2n) is 3.68. The number of carbonyl (C=O) groups is 1. The maximum Gasteiger partial charge on any atom is 0.341 e. The Bertz CT molecular complexity index is 453. The largest absolute Gasteiger partial charge is 0.462 e. The summed E-state index contributed by atoms with van der Waals surface area (Å²) in [6.45, 7) is 4.77. The van der Waals surface area contributed by atoms with Gasteiger partial charge in [0.2, 0.25) is 0 Å². The molecule has 0 aromatic carbocycles. The smallest absolute Gasteiger partial charge is 0.341 e. The summed E-state index contributed by atoms with van der Waals surface area (Å²) in [4.78, 5) is 11.6. The molecule has 0 amide bonds. The van der Waals surface area contributed by atoms with Crippen molar-refractivity contribution in [1.29, 1.82) is 5.26 Å². The number of hydrogen-bond donors (Lipinski definition) is 1. The second kappa shape index (κ2) is 9.54. The first-order chi connectivity index (χ1) is 8.15. The molecule has 0 aliphatic rings. The summed E-state index contributed by atoms with van der Waals surface area (Å²) in [5.41, 5.74) is 6.60. The molecular weight excluding hydrogens is 289 g/mol. The zero-order chi connectivity index (χ0) is 12.8. The maximum atomic E-state index is 11.6. The van der Waals surface area contributed by atoms with Crippen molar-refractivity contribution in [2.24, 2.45) is 0 Å². The fourth-order valence-electron chi connectivity index (χ4n) is 1.57. The van der Waals surface area contributed by atoms with Gasteiger partial charge >= 0.3 is 5.97 Å². The zero-order valence-corrected chi connectivity index (χ0v) is 12.6. The van der Waals surface area contributed by atoms with Crippen molar-refractivity contribution < 1.29 is 9.53 Å². The lowest BCUT2D eigenvalue weighted by atomic mass is 10.2. The van der Waals surface area contributed by atoms with E-state index in [2.05, 4.69) is 6.92 Å². The molecule has 0 saturated carbocycles. The predicted molar refractivity (Wildman–Crippen MR) is 78.9 cm³/mol. The summed E-state index contributed by atoms with van der Waals surface area (Å²) in [6.07, 6.45) is 3.55. The van der Waals surface area contributed by atoms with Crippen LogP contribution in [0.25, 0.3) is 0 Å². The van der Waals surface area contributed by atoms with Gasteiger partial charge in [-0.3, -0.25) is 0 Å². The Labute approximate surface area is 125 Å². The van der Waals surface area contributed by atoms with E-state index >= 15 is 0 Å². The highest BCUT2D eigenvalue weighted by atomic mass is 35.5. The van der Waals surface area contributed by atoms with Gasteiger partial charge in [0.05, 0.1) is 12.3 Å². The van der Waals surface area contributed by atoms with E-state index in [1.165, 1.54) is 0 Å². The molecule has 0 atom stereocenters. The number of nitriles is 1. The first-order valence-electron chi connectivity index (χ1n) is 5.71. The van der Waals surface area contributed by atoms with Crippen LogP contribution < -0.4 is 5.73 Å². The molecule has 0 bridgehead atoms. The summed E-state index contributed by atoms with van der Waals surface area (Å²) in [7, 11) is 0. The lowest BCUT2D eigenvalue weighted by Gasteiger charge is -2.01. The van der Waals surface area contributed by atoms with Crippen LogP contribution in [0.4, 0.5) is 5.69 Å². The summed E-state index contributed by atoms with van der Waals surface area (Å²) in [5.74, 6) is -0.475. The minimum atomic E-state index is -0.475. The van der Waals surface area contributed by atoms with E-state index in [1.807, 2.05) is 6.07 Å².